The molecule has 0 rings (SSSR count). The van der Waals surface area contributed by atoms with Crippen LogP contribution in [-0.4, -0.2) is 74.5 Å². The number of rotatable bonds is 13. The van der Waals surface area contributed by atoms with E-state index in [1.54, 1.807) is 7.11 Å². The maximum Gasteiger partial charge on any atom is 0.208 e. The van der Waals surface area contributed by atoms with Crippen molar-refractivity contribution >= 4 is 10.0 Å². The molecule has 0 aliphatic rings. The Bertz CT molecular complexity index is 271. The lowest BCUT2D eigenvalue weighted by molar-refractivity contribution is 0.0256. The molecule has 0 radical (unpaired) electrons. The smallest absolute Gasteiger partial charge is 0.208 e. The zero-order chi connectivity index (χ0) is 13.7. The fraction of sp³-hybridized carbons (Fsp3) is 1.00. The van der Waals surface area contributed by atoms with Gasteiger partial charge in [-0.3, -0.25) is 0 Å². The van der Waals surface area contributed by atoms with E-state index < -0.39 is 10.0 Å². The SMILES string of the molecule is COCCOCCOCCNCCNS(C)(=O)=O. The summed E-state index contributed by atoms with van der Waals surface area (Å²) in [5.41, 5.74) is 0. The van der Waals surface area contributed by atoms with Crippen LogP contribution in [0.3, 0.4) is 0 Å². The molecule has 0 aromatic carbocycles. The summed E-state index contributed by atoms with van der Waals surface area (Å²) in [5, 5.41) is 3.06. The second-order valence-corrected chi connectivity index (χ2v) is 5.47. The first kappa shape index (κ1) is 17.8. The van der Waals surface area contributed by atoms with Gasteiger partial charge in [-0.15, -0.1) is 0 Å². The van der Waals surface area contributed by atoms with Crippen molar-refractivity contribution in [1.82, 2.24) is 10.0 Å². The molecular formula is C10H24N2O5S. The van der Waals surface area contributed by atoms with Gasteiger partial charge in [0.1, 0.15) is 0 Å². The molecule has 0 unspecified atom stereocenters. The number of hydrogen-bond donors (Lipinski definition) is 2. The van der Waals surface area contributed by atoms with Crippen molar-refractivity contribution in [2.24, 2.45) is 0 Å². The molecule has 0 aliphatic carbocycles. The lowest BCUT2D eigenvalue weighted by Gasteiger charge is -2.07. The van der Waals surface area contributed by atoms with Gasteiger partial charge in [-0.2, -0.15) is 0 Å². The molecule has 0 aromatic heterocycles. The molecular weight excluding hydrogens is 260 g/mol. The zero-order valence-electron chi connectivity index (χ0n) is 11.1. The summed E-state index contributed by atoms with van der Waals surface area (Å²) in [7, 11) is -1.46. The molecule has 8 heteroatoms. The highest BCUT2D eigenvalue weighted by Crippen LogP contribution is 1.79. The van der Waals surface area contributed by atoms with Gasteiger partial charge in [-0.25, -0.2) is 13.1 Å². The second kappa shape index (κ2) is 11.8. The van der Waals surface area contributed by atoms with Crippen molar-refractivity contribution in [3.05, 3.63) is 0 Å². The van der Waals surface area contributed by atoms with E-state index in [2.05, 4.69) is 10.0 Å². The van der Waals surface area contributed by atoms with Crippen LogP contribution in [0.15, 0.2) is 0 Å². The van der Waals surface area contributed by atoms with Crippen molar-refractivity contribution in [3.63, 3.8) is 0 Å². The Morgan fingerprint density at radius 3 is 2.11 bits per heavy atom. The van der Waals surface area contributed by atoms with E-state index >= 15 is 0 Å². The highest BCUT2D eigenvalue weighted by Gasteiger charge is 1.97. The minimum atomic E-state index is -3.08. The number of nitrogens with one attached hydrogen (secondary N) is 2. The molecule has 0 aliphatic heterocycles. The first-order chi connectivity index (χ1) is 8.56. The van der Waals surface area contributed by atoms with Crippen LogP contribution < -0.4 is 10.0 Å². The zero-order valence-corrected chi connectivity index (χ0v) is 11.9. The minimum absolute atomic E-state index is 0.388. The first-order valence-electron chi connectivity index (χ1n) is 5.86. The van der Waals surface area contributed by atoms with Crippen molar-refractivity contribution in [2.75, 3.05) is 66.0 Å². The summed E-state index contributed by atoms with van der Waals surface area (Å²) >= 11 is 0. The molecule has 0 spiro atoms. The van der Waals surface area contributed by atoms with E-state index in [0.29, 0.717) is 52.7 Å². The van der Waals surface area contributed by atoms with Crippen LogP contribution in [0.2, 0.25) is 0 Å². The van der Waals surface area contributed by atoms with Crippen LogP contribution in [0.25, 0.3) is 0 Å². The predicted molar refractivity (Wildman–Crippen MR) is 69.2 cm³/mol. The van der Waals surface area contributed by atoms with Crippen LogP contribution in [-0.2, 0) is 24.2 Å². The Balaban J connectivity index is 3.03. The molecule has 0 atom stereocenters. The van der Waals surface area contributed by atoms with E-state index in [1.165, 1.54) is 0 Å². The number of ether oxygens (including phenoxy) is 3. The summed E-state index contributed by atoms with van der Waals surface area (Å²) in [5.74, 6) is 0. The number of sulfonamides is 1. The number of methoxy groups -OCH3 is 1. The van der Waals surface area contributed by atoms with Gasteiger partial charge in [-0.1, -0.05) is 0 Å². The van der Waals surface area contributed by atoms with Crippen LogP contribution in [0.5, 0.6) is 0 Å². The predicted octanol–water partition coefficient (Wildman–Crippen LogP) is -1.20. The average Bonchev–Trinajstić information content (AvgIpc) is 2.29. The Morgan fingerprint density at radius 2 is 1.50 bits per heavy atom. The lowest BCUT2D eigenvalue weighted by atomic mass is 10.6. The van der Waals surface area contributed by atoms with Crippen molar-refractivity contribution in [2.45, 2.75) is 0 Å². The van der Waals surface area contributed by atoms with Gasteiger partial charge in [0.25, 0.3) is 0 Å². The van der Waals surface area contributed by atoms with E-state index in [4.69, 9.17) is 14.2 Å². The van der Waals surface area contributed by atoms with Gasteiger partial charge in [0.05, 0.1) is 39.3 Å². The molecule has 0 saturated heterocycles. The average molecular weight is 284 g/mol. The fourth-order valence-corrected chi connectivity index (χ4v) is 1.53. The molecule has 0 bridgehead atoms. The van der Waals surface area contributed by atoms with Crippen LogP contribution in [0.1, 0.15) is 0 Å². The van der Waals surface area contributed by atoms with E-state index in [-0.39, 0.29) is 0 Å². The maximum absolute atomic E-state index is 10.7. The Kier molecular flexibility index (Phi) is 11.7. The molecule has 7 nitrogen and oxygen atoms in total. The third-order valence-corrected chi connectivity index (χ3v) is 2.62. The second-order valence-electron chi connectivity index (χ2n) is 3.63. The maximum atomic E-state index is 10.7. The largest absolute Gasteiger partial charge is 0.382 e. The highest BCUT2D eigenvalue weighted by atomic mass is 32.2. The molecule has 110 valence electrons. The van der Waals surface area contributed by atoms with Gasteiger partial charge >= 0.3 is 0 Å². The van der Waals surface area contributed by atoms with Crippen molar-refractivity contribution in [3.8, 4) is 0 Å². The van der Waals surface area contributed by atoms with Crippen molar-refractivity contribution in [1.29, 1.82) is 0 Å². The first-order valence-corrected chi connectivity index (χ1v) is 7.75. The molecule has 0 heterocycles. The molecule has 0 fully saturated rings. The van der Waals surface area contributed by atoms with Crippen LogP contribution >= 0.6 is 0 Å². The van der Waals surface area contributed by atoms with Gasteiger partial charge in [0.2, 0.25) is 10.0 Å². The van der Waals surface area contributed by atoms with Gasteiger partial charge < -0.3 is 19.5 Å². The van der Waals surface area contributed by atoms with Crippen LogP contribution in [0, 0.1) is 0 Å². The standard InChI is InChI=1S/C10H24N2O5S/c1-15-7-8-17-10-9-16-6-5-11-3-4-12-18(2,13)14/h11-12H,3-10H2,1-2H3. The minimum Gasteiger partial charge on any atom is -0.382 e. The molecule has 0 aromatic rings. The normalized spacial score (nSPS) is 11.9. The summed E-state index contributed by atoms with van der Waals surface area (Å²) in [6.07, 6.45) is 1.14. The molecule has 0 amide bonds. The summed E-state index contributed by atoms with van der Waals surface area (Å²) in [6.45, 7) is 4.51. The number of hydrogen-bond acceptors (Lipinski definition) is 6. The van der Waals surface area contributed by atoms with Crippen LogP contribution in [0.4, 0.5) is 0 Å². The van der Waals surface area contributed by atoms with Gasteiger partial charge in [-0.05, 0) is 0 Å². The summed E-state index contributed by atoms with van der Waals surface area (Å²) in [6, 6.07) is 0. The molecule has 18 heavy (non-hydrogen) atoms. The molecule has 2 N–H and O–H groups in total. The van der Waals surface area contributed by atoms with Gasteiger partial charge in [0, 0.05) is 26.7 Å². The Morgan fingerprint density at radius 1 is 0.889 bits per heavy atom. The monoisotopic (exact) mass is 284 g/mol. The summed E-state index contributed by atoms with van der Waals surface area (Å²) < 4.78 is 39.2. The Hall–Kier alpha value is -0.250. The van der Waals surface area contributed by atoms with Gasteiger partial charge in [0.15, 0.2) is 0 Å². The third-order valence-electron chi connectivity index (χ3n) is 1.89. The summed E-state index contributed by atoms with van der Waals surface area (Å²) in [4.78, 5) is 0. The third kappa shape index (κ3) is 15.8. The van der Waals surface area contributed by atoms with E-state index in [9.17, 15) is 8.42 Å². The topological polar surface area (TPSA) is 85.9 Å². The van der Waals surface area contributed by atoms with E-state index in [0.717, 1.165) is 6.26 Å². The quantitative estimate of drug-likeness (QED) is 0.413. The fourth-order valence-electron chi connectivity index (χ4n) is 1.06. The van der Waals surface area contributed by atoms with Crippen molar-refractivity contribution < 1.29 is 22.6 Å². The lowest BCUT2D eigenvalue weighted by Crippen LogP contribution is -2.32. The Labute approximate surface area is 109 Å². The highest BCUT2D eigenvalue weighted by molar-refractivity contribution is 7.88. The molecule has 0 saturated carbocycles. The van der Waals surface area contributed by atoms with E-state index in [1.807, 2.05) is 0 Å².